The quantitative estimate of drug-likeness (QED) is 0.830. The van der Waals surface area contributed by atoms with Gasteiger partial charge in [0.15, 0.2) is 0 Å². The summed E-state index contributed by atoms with van der Waals surface area (Å²) in [4.78, 5) is 16.3. The number of hydrogen-bond acceptors (Lipinski definition) is 2. The van der Waals surface area contributed by atoms with Crippen LogP contribution in [0.2, 0.25) is 0 Å². The molecule has 0 bridgehead atoms. The SMILES string of the molecule is Cc1ccc(N2CCN(C(=O)Nc3ccc(F)cc3)CC2)c(Br)c1. The largest absolute Gasteiger partial charge is 0.367 e. The van der Waals surface area contributed by atoms with Crippen molar-refractivity contribution in [3.63, 3.8) is 0 Å². The van der Waals surface area contributed by atoms with Crippen LogP contribution in [-0.4, -0.2) is 37.1 Å². The first-order chi connectivity index (χ1) is 11.5. The molecular formula is C18H19BrFN3O. The Bertz CT molecular complexity index is 728. The molecule has 1 saturated heterocycles. The van der Waals surface area contributed by atoms with Gasteiger partial charge in [0.25, 0.3) is 0 Å². The van der Waals surface area contributed by atoms with Gasteiger partial charge in [0.05, 0.1) is 5.69 Å². The third kappa shape index (κ3) is 3.87. The lowest BCUT2D eigenvalue weighted by Crippen LogP contribution is -2.50. The fourth-order valence-corrected chi connectivity index (χ4v) is 3.50. The molecule has 4 nitrogen and oxygen atoms in total. The summed E-state index contributed by atoms with van der Waals surface area (Å²) in [5, 5.41) is 2.80. The molecule has 1 aliphatic heterocycles. The highest BCUT2D eigenvalue weighted by atomic mass is 79.9. The molecule has 0 aromatic heterocycles. The molecule has 2 aromatic carbocycles. The monoisotopic (exact) mass is 391 g/mol. The standard InChI is InChI=1S/C18H19BrFN3O/c1-13-2-7-17(16(19)12-13)22-8-10-23(11-9-22)18(24)21-15-5-3-14(20)4-6-15/h2-7,12H,8-11H2,1H3,(H,21,24). The lowest BCUT2D eigenvalue weighted by atomic mass is 10.2. The second-order valence-electron chi connectivity index (χ2n) is 5.87. The van der Waals surface area contributed by atoms with E-state index in [-0.39, 0.29) is 11.8 Å². The lowest BCUT2D eigenvalue weighted by Gasteiger charge is -2.36. The maximum absolute atomic E-state index is 12.9. The number of carbonyl (C=O) groups excluding carboxylic acids is 1. The van der Waals surface area contributed by atoms with E-state index < -0.39 is 0 Å². The molecule has 1 heterocycles. The zero-order valence-electron chi connectivity index (χ0n) is 13.4. The molecule has 0 saturated carbocycles. The van der Waals surface area contributed by atoms with Crippen molar-refractivity contribution < 1.29 is 9.18 Å². The number of nitrogens with zero attached hydrogens (tertiary/aromatic N) is 2. The van der Waals surface area contributed by atoms with Crippen LogP contribution >= 0.6 is 15.9 Å². The van der Waals surface area contributed by atoms with E-state index in [1.807, 2.05) is 0 Å². The smallest absolute Gasteiger partial charge is 0.321 e. The highest BCUT2D eigenvalue weighted by molar-refractivity contribution is 9.10. The van der Waals surface area contributed by atoms with Gasteiger partial charge < -0.3 is 15.1 Å². The second-order valence-corrected chi connectivity index (χ2v) is 6.72. The third-order valence-corrected chi connectivity index (χ3v) is 4.74. The first-order valence-corrected chi connectivity index (χ1v) is 8.65. The zero-order valence-corrected chi connectivity index (χ0v) is 15.0. The Kier molecular flexibility index (Phi) is 5.04. The molecule has 24 heavy (non-hydrogen) atoms. The summed E-state index contributed by atoms with van der Waals surface area (Å²) in [7, 11) is 0. The molecule has 0 radical (unpaired) electrons. The molecular weight excluding hydrogens is 373 g/mol. The van der Waals surface area contributed by atoms with Crippen LogP contribution in [0.4, 0.5) is 20.6 Å². The summed E-state index contributed by atoms with van der Waals surface area (Å²) >= 11 is 3.61. The van der Waals surface area contributed by atoms with Gasteiger partial charge in [-0.1, -0.05) is 6.07 Å². The number of anilines is 2. The molecule has 0 unspecified atom stereocenters. The van der Waals surface area contributed by atoms with Crippen molar-refractivity contribution in [3.8, 4) is 0 Å². The van der Waals surface area contributed by atoms with E-state index in [1.54, 1.807) is 17.0 Å². The van der Waals surface area contributed by atoms with Crippen molar-refractivity contribution in [2.75, 3.05) is 36.4 Å². The first-order valence-electron chi connectivity index (χ1n) is 7.85. The van der Waals surface area contributed by atoms with Crippen molar-refractivity contribution >= 4 is 33.3 Å². The minimum atomic E-state index is -0.315. The Morgan fingerprint density at radius 1 is 1.08 bits per heavy atom. The van der Waals surface area contributed by atoms with E-state index >= 15 is 0 Å². The Hall–Kier alpha value is -2.08. The van der Waals surface area contributed by atoms with Gasteiger partial charge in [-0.25, -0.2) is 9.18 Å². The number of aryl methyl sites for hydroxylation is 1. The number of benzene rings is 2. The molecule has 0 atom stereocenters. The zero-order chi connectivity index (χ0) is 17.1. The van der Waals surface area contributed by atoms with Gasteiger partial charge in [-0.3, -0.25) is 0 Å². The van der Waals surface area contributed by atoms with Crippen LogP contribution < -0.4 is 10.2 Å². The molecule has 1 N–H and O–H groups in total. The fourth-order valence-electron chi connectivity index (χ4n) is 2.75. The summed E-state index contributed by atoms with van der Waals surface area (Å²) in [6.07, 6.45) is 0. The number of amides is 2. The number of carbonyl (C=O) groups is 1. The van der Waals surface area contributed by atoms with Crippen LogP contribution in [0.5, 0.6) is 0 Å². The van der Waals surface area contributed by atoms with E-state index in [2.05, 4.69) is 51.3 Å². The maximum Gasteiger partial charge on any atom is 0.321 e. The van der Waals surface area contributed by atoms with Crippen LogP contribution in [0, 0.1) is 12.7 Å². The number of urea groups is 1. The topological polar surface area (TPSA) is 35.6 Å². The Morgan fingerprint density at radius 3 is 2.38 bits per heavy atom. The molecule has 2 amide bonds. The predicted octanol–water partition coefficient (Wildman–Crippen LogP) is 4.25. The second kappa shape index (κ2) is 7.21. The predicted molar refractivity (Wildman–Crippen MR) is 98.1 cm³/mol. The van der Waals surface area contributed by atoms with Crippen molar-refractivity contribution in [1.82, 2.24) is 4.90 Å². The van der Waals surface area contributed by atoms with E-state index in [4.69, 9.17) is 0 Å². The Morgan fingerprint density at radius 2 is 1.75 bits per heavy atom. The number of halogens is 2. The van der Waals surface area contributed by atoms with E-state index in [0.29, 0.717) is 18.8 Å². The normalized spacial score (nSPS) is 14.6. The van der Waals surface area contributed by atoms with Gasteiger partial charge in [-0.2, -0.15) is 0 Å². The Balaban J connectivity index is 1.58. The average Bonchev–Trinajstić information content (AvgIpc) is 2.57. The number of piperazine rings is 1. The number of rotatable bonds is 2. The molecule has 1 fully saturated rings. The fraction of sp³-hybridized carbons (Fsp3) is 0.278. The molecule has 6 heteroatoms. The molecule has 0 spiro atoms. The average molecular weight is 392 g/mol. The maximum atomic E-state index is 12.9. The van der Waals surface area contributed by atoms with E-state index in [0.717, 1.165) is 23.2 Å². The van der Waals surface area contributed by atoms with Crippen LogP contribution in [0.3, 0.4) is 0 Å². The van der Waals surface area contributed by atoms with Crippen molar-refractivity contribution in [2.24, 2.45) is 0 Å². The van der Waals surface area contributed by atoms with Crippen LogP contribution in [-0.2, 0) is 0 Å². The van der Waals surface area contributed by atoms with Crippen molar-refractivity contribution in [1.29, 1.82) is 0 Å². The van der Waals surface area contributed by atoms with Gasteiger partial charge >= 0.3 is 6.03 Å². The summed E-state index contributed by atoms with van der Waals surface area (Å²) in [6, 6.07) is 11.9. The Labute approximate surface area is 149 Å². The molecule has 1 aliphatic rings. The van der Waals surface area contributed by atoms with Gasteiger partial charge in [-0.15, -0.1) is 0 Å². The first kappa shape index (κ1) is 16.8. The number of hydrogen-bond donors (Lipinski definition) is 1. The van der Waals surface area contributed by atoms with E-state index in [9.17, 15) is 9.18 Å². The molecule has 0 aliphatic carbocycles. The van der Waals surface area contributed by atoms with Crippen LogP contribution in [0.25, 0.3) is 0 Å². The van der Waals surface area contributed by atoms with E-state index in [1.165, 1.54) is 17.7 Å². The summed E-state index contributed by atoms with van der Waals surface area (Å²) < 4.78 is 14.0. The highest BCUT2D eigenvalue weighted by Gasteiger charge is 2.22. The van der Waals surface area contributed by atoms with Gasteiger partial charge in [0.2, 0.25) is 0 Å². The van der Waals surface area contributed by atoms with Crippen LogP contribution in [0.15, 0.2) is 46.9 Å². The van der Waals surface area contributed by atoms with Gasteiger partial charge in [0.1, 0.15) is 5.82 Å². The minimum Gasteiger partial charge on any atom is -0.367 e. The summed E-state index contributed by atoms with van der Waals surface area (Å²) in [6.45, 7) is 4.91. The van der Waals surface area contributed by atoms with Gasteiger partial charge in [-0.05, 0) is 64.8 Å². The van der Waals surface area contributed by atoms with Crippen molar-refractivity contribution in [3.05, 3.63) is 58.3 Å². The van der Waals surface area contributed by atoms with Crippen molar-refractivity contribution in [2.45, 2.75) is 6.92 Å². The lowest BCUT2D eigenvalue weighted by molar-refractivity contribution is 0.208. The van der Waals surface area contributed by atoms with Gasteiger partial charge in [0, 0.05) is 36.3 Å². The molecule has 126 valence electrons. The number of nitrogens with one attached hydrogen (secondary N) is 1. The van der Waals surface area contributed by atoms with Crippen LogP contribution in [0.1, 0.15) is 5.56 Å². The minimum absolute atomic E-state index is 0.149. The highest BCUT2D eigenvalue weighted by Crippen LogP contribution is 2.28. The molecule has 3 rings (SSSR count). The third-order valence-electron chi connectivity index (χ3n) is 4.11. The summed E-state index contributed by atoms with van der Waals surface area (Å²) in [5.74, 6) is -0.315. The molecule has 2 aromatic rings. The summed E-state index contributed by atoms with van der Waals surface area (Å²) in [5.41, 5.74) is 2.97.